The van der Waals surface area contributed by atoms with Crippen LogP contribution in [0.1, 0.15) is 13.8 Å². The maximum Gasteiger partial charge on any atom is 0.244 e. The van der Waals surface area contributed by atoms with Gasteiger partial charge < -0.3 is 4.74 Å². The highest BCUT2D eigenvalue weighted by Gasteiger charge is 2.29. The van der Waals surface area contributed by atoms with Gasteiger partial charge in [-0.15, -0.1) is 0 Å². The number of ether oxygens (including phenoxy) is 1. The topological polar surface area (TPSA) is 55.4 Å². The summed E-state index contributed by atoms with van der Waals surface area (Å²) in [6.45, 7) is 4.27. The Hall–Kier alpha value is -0.590. The fraction of sp³-hybridized carbons (Fsp3) is 0.455. The normalized spacial score (nSPS) is 22.7. The first kappa shape index (κ1) is 12.9. The van der Waals surface area contributed by atoms with Crippen molar-refractivity contribution in [3.05, 3.63) is 22.7 Å². The van der Waals surface area contributed by atoms with E-state index in [1.165, 1.54) is 0 Å². The van der Waals surface area contributed by atoms with Crippen molar-refractivity contribution in [1.29, 1.82) is 0 Å². The van der Waals surface area contributed by atoms with Crippen molar-refractivity contribution in [3.63, 3.8) is 0 Å². The van der Waals surface area contributed by atoms with Crippen LogP contribution in [0.5, 0.6) is 5.75 Å². The molecule has 1 aromatic carbocycles. The molecule has 1 aliphatic heterocycles. The number of rotatable bonds is 1. The van der Waals surface area contributed by atoms with Crippen LogP contribution in [-0.4, -0.2) is 21.1 Å². The Kier molecular flexibility index (Phi) is 3.47. The van der Waals surface area contributed by atoms with Gasteiger partial charge >= 0.3 is 0 Å². The van der Waals surface area contributed by atoms with E-state index < -0.39 is 10.0 Å². The van der Waals surface area contributed by atoms with Gasteiger partial charge in [0.15, 0.2) is 0 Å². The quantitative estimate of drug-likeness (QED) is 0.862. The lowest BCUT2D eigenvalue weighted by molar-refractivity contribution is 0.250. The largest absolute Gasteiger partial charge is 0.490 e. The fourth-order valence-corrected chi connectivity index (χ4v) is 3.46. The van der Waals surface area contributed by atoms with E-state index in [1.54, 1.807) is 18.2 Å². The van der Waals surface area contributed by atoms with Crippen LogP contribution in [0.15, 0.2) is 27.6 Å². The van der Waals surface area contributed by atoms with E-state index in [0.29, 0.717) is 12.4 Å². The minimum Gasteiger partial charge on any atom is -0.490 e. The molecule has 1 aliphatic rings. The van der Waals surface area contributed by atoms with Crippen molar-refractivity contribution >= 4 is 26.0 Å². The molecule has 1 heterocycles. The minimum absolute atomic E-state index is 0.183. The van der Waals surface area contributed by atoms with E-state index >= 15 is 0 Å². The van der Waals surface area contributed by atoms with Gasteiger partial charge in [0.2, 0.25) is 10.0 Å². The molecule has 1 aromatic rings. The van der Waals surface area contributed by atoms with Crippen molar-refractivity contribution in [2.75, 3.05) is 6.61 Å². The molecule has 0 aliphatic carbocycles. The highest BCUT2D eigenvalue weighted by atomic mass is 79.9. The van der Waals surface area contributed by atoms with Gasteiger partial charge in [0.1, 0.15) is 17.3 Å². The first-order chi connectivity index (χ1) is 7.90. The average Bonchev–Trinajstić information content (AvgIpc) is 2.35. The van der Waals surface area contributed by atoms with Crippen molar-refractivity contribution in [3.8, 4) is 5.75 Å². The van der Waals surface area contributed by atoms with E-state index in [4.69, 9.17) is 4.74 Å². The molecule has 0 amide bonds. The van der Waals surface area contributed by atoms with Crippen molar-refractivity contribution in [2.24, 2.45) is 5.92 Å². The Bertz CT molecular complexity index is 528. The van der Waals surface area contributed by atoms with Crippen molar-refractivity contribution in [2.45, 2.75) is 24.8 Å². The lowest BCUT2D eigenvalue weighted by Gasteiger charge is -2.18. The maximum atomic E-state index is 12.1. The molecule has 1 N–H and O–H groups in total. The first-order valence-corrected chi connectivity index (χ1v) is 7.62. The van der Waals surface area contributed by atoms with Crippen LogP contribution in [0.25, 0.3) is 0 Å². The van der Waals surface area contributed by atoms with Crippen LogP contribution in [0.2, 0.25) is 0 Å². The smallest absolute Gasteiger partial charge is 0.244 e. The Balaban J connectivity index is 2.47. The summed E-state index contributed by atoms with van der Waals surface area (Å²) in [6.07, 6.45) is 0. The highest BCUT2D eigenvalue weighted by molar-refractivity contribution is 9.10. The molecule has 0 fully saturated rings. The molecule has 94 valence electrons. The van der Waals surface area contributed by atoms with E-state index in [1.807, 2.05) is 13.8 Å². The summed E-state index contributed by atoms with van der Waals surface area (Å²) in [6, 6.07) is 4.71. The van der Waals surface area contributed by atoms with Gasteiger partial charge in [-0.3, -0.25) is 0 Å². The number of fused-ring (bicyclic) bond motifs is 1. The molecule has 0 saturated heterocycles. The van der Waals surface area contributed by atoms with Gasteiger partial charge in [0.25, 0.3) is 0 Å². The van der Waals surface area contributed by atoms with Crippen LogP contribution in [-0.2, 0) is 10.0 Å². The molecule has 0 radical (unpaired) electrons. The number of halogens is 1. The van der Waals surface area contributed by atoms with E-state index in [-0.39, 0.29) is 16.9 Å². The second kappa shape index (κ2) is 4.59. The van der Waals surface area contributed by atoms with E-state index in [2.05, 4.69) is 20.7 Å². The van der Waals surface area contributed by atoms with E-state index in [9.17, 15) is 8.42 Å². The lowest BCUT2D eigenvalue weighted by Crippen LogP contribution is -2.40. The summed E-state index contributed by atoms with van der Waals surface area (Å²) in [5, 5.41) is 0. The molecule has 17 heavy (non-hydrogen) atoms. The summed E-state index contributed by atoms with van der Waals surface area (Å²) in [4.78, 5) is 0.198. The Morgan fingerprint density at radius 1 is 1.47 bits per heavy atom. The molecule has 6 heteroatoms. The summed E-state index contributed by atoms with van der Waals surface area (Å²) < 4.78 is 33.3. The predicted octanol–water partition coefficient (Wildman–Crippen LogP) is 2.14. The zero-order valence-electron chi connectivity index (χ0n) is 9.60. The van der Waals surface area contributed by atoms with Crippen LogP contribution in [0.4, 0.5) is 0 Å². The number of hydrogen-bond donors (Lipinski definition) is 1. The lowest BCUT2D eigenvalue weighted by atomic mass is 10.1. The van der Waals surface area contributed by atoms with Gasteiger partial charge in [-0.25, -0.2) is 13.1 Å². The zero-order chi connectivity index (χ0) is 12.6. The van der Waals surface area contributed by atoms with Gasteiger partial charge in [0.05, 0.1) is 6.04 Å². The summed E-state index contributed by atoms with van der Waals surface area (Å²) in [5.74, 6) is 0.581. The zero-order valence-corrected chi connectivity index (χ0v) is 12.0. The SMILES string of the molecule is CC(C)[C@H]1COc2cc(Br)ccc2S(=O)(=O)N1. The van der Waals surface area contributed by atoms with Crippen LogP contribution >= 0.6 is 15.9 Å². The number of benzene rings is 1. The Labute approximate surface area is 110 Å². The molecule has 0 spiro atoms. The molecule has 0 unspecified atom stereocenters. The molecule has 0 saturated carbocycles. The highest BCUT2D eigenvalue weighted by Crippen LogP contribution is 2.30. The standard InChI is InChI=1S/C11H14BrNO3S/c1-7(2)9-6-16-10-5-8(12)3-4-11(10)17(14,15)13-9/h3-5,7,9,13H,6H2,1-2H3/t9-/m1/s1. The molecular formula is C11H14BrNO3S. The Morgan fingerprint density at radius 2 is 2.18 bits per heavy atom. The van der Waals surface area contributed by atoms with Gasteiger partial charge in [0, 0.05) is 4.47 Å². The molecule has 0 aromatic heterocycles. The predicted molar refractivity (Wildman–Crippen MR) is 68.6 cm³/mol. The molecular weight excluding hydrogens is 306 g/mol. The second-order valence-electron chi connectivity index (χ2n) is 4.37. The third-order valence-corrected chi connectivity index (χ3v) is 4.75. The number of hydrogen-bond acceptors (Lipinski definition) is 3. The number of sulfonamides is 1. The molecule has 0 bridgehead atoms. The monoisotopic (exact) mass is 319 g/mol. The third-order valence-electron chi connectivity index (χ3n) is 2.72. The Morgan fingerprint density at radius 3 is 2.82 bits per heavy atom. The number of nitrogens with one attached hydrogen (secondary N) is 1. The van der Waals surface area contributed by atoms with E-state index in [0.717, 1.165) is 4.47 Å². The van der Waals surface area contributed by atoms with Gasteiger partial charge in [-0.2, -0.15) is 0 Å². The molecule has 1 atom stereocenters. The van der Waals surface area contributed by atoms with Crippen LogP contribution in [0, 0.1) is 5.92 Å². The first-order valence-electron chi connectivity index (χ1n) is 5.35. The third kappa shape index (κ3) is 2.64. The van der Waals surface area contributed by atoms with Crippen LogP contribution < -0.4 is 9.46 Å². The maximum absolute atomic E-state index is 12.1. The summed E-state index contributed by atoms with van der Waals surface area (Å²) in [5.41, 5.74) is 0. The summed E-state index contributed by atoms with van der Waals surface area (Å²) >= 11 is 3.30. The molecule has 2 rings (SSSR count). The summed E-state index contributed by atoms with van der Waals surface area (Å²) in [7, 11) is -3.49. The van der Waals surface area contributed by atoms with Crippen molar-refractivity contribution < 1.29 is 13.2 Å². The van der Waals surface area contributed by atoms with Crippen molar-refractivity contribution in [1.82, 2.24) is 4.72 Å². The van der Waals surface area contributed by atoms with Crippen LogP contribution in [0.3, 0.4) is 0 Å². The van der Waals surface area contributed by atoms with Gasteiger partial charge in [-0.05, 0) is 24.1 Å². The fourth-order valence-electron chi connectivity index (χ4n) is 1.62. The second-order valence-corrected chi connectivity index (χ2v) is 6.97. The minimum atomic E-state index is -3.49. The molecule has 4 nitrogen and oxygen atoms in total. The average molecular weight is 320 g/mol. The van der Waals surface area contributed by atoms with Gasteiger partial charge in [-0.1, -0.05) is 29.8 Å².